The van der Waals surface area contributed by atoms with Crippen molar-refractivity contribution in [2.45, 2.75) is 37.9 Å². The first-order chi connectivity index (χ1) is 9.13. The number of rotatable bonds is 4. The molecule has 1 heterocycles. The molecule has 2 N–H and O–H groups in total. The van der Waals surface area contributed by atoms with E-state index in [9.17, 15) is 22.8 Å². The Balaban J connectivity index is 2.67. The van der Waals surface area contributed by atoms with Crippen molar-refractivity contribution in [2.75, 3.05) is 12.3 Å². The zero-order chi connectivity index (χ0) is 15.5. The maximum Gasteiger partial charge on any atom is 0.390 e. The second kappa shape index (κ2) is 6.55. The molecule has 20 heavy (non-hydrogen) atoms. The molecule has 0 aromatic carbocycles. The molecule has 116 valence electrons. The smallest absolute Gasteiger partial charge is 0.390 e. The topological polar surface area (TPSA) is 69.6 Å². The fraction of sp³-hybridized carbons (Fsp3) is 0.818. The number of hydrogen-bond donors (Lipinski definition) is 2. The van der Waals surface area contributed by atoms with Crippen LogP contribution in [-0.4, -0.2) is 51.9 Å². The molecular weight excluding hydrogens is 297 g/mol. The van der Waals surface area contributed by atoms with Gasteiger partial charge in [-0.25, -0.2) is 9.59 Å². The Morgan fingerprint density at radius 1 is 1.45 bits per heavy atom. The van der Waals surface area contributed by atoms with Crippen molar-refractivity contribution in [2.24, 2.45) is 5.92 Å². The van der Waals surface area contributed by atoms with E-state index in [4.69, 9.17) is 5.11 Å². The normalized spacial score (nSPS) is 23.2. The number of urea groups is 1. The first-order valence-corrected chi connectivity index (χ1v) is 7.15. The van der Waals surface area contributed by atoms with Gasteiger partial charge >= 0.3 is 18.2 Å². The molecule has 0 aromatic heterocycles. The number of nitrogens with zero attached hydrogens (tertiary/aromatic N) is 1. The average Bonchev–Trinajstić information content (AvgIpc) is 2.71. The molecule has 0 aromatic rings. The largest absolute Gasteiger partial charge is 0.480 e. The Kier molecular flexibility index (Phi) is 5.55. The molecule has 1 aliphatic rings. The van der Waals surface area contributed by atoms with E-state index < -0.39 is 37.2 Å². The zero-order valence-electron chi connectivity index (χ0n) is 11.1. The number of carbonyl (C=O) groups is 2. The van der Waals surface area contributed by atoms with Crippen LogP contribution in [0, 0.1) is 5.92 Å². The third-order valence-electron chi connectivity index (χ3n) is 2.81. The monoisotopic (exact) mass is 314 g/mol. The summed E-state index contributed by atoms with van der Waals surface area (Å²) in [5.74, 6) is -0.894. The molecule has 1 aliphatic heterocycles. The van der Waals surface area contributed by atoms with E-state index in [1.165, 1.54) is 11.8 Å². The van der Waals surface area contributed by atoms with Gasteiger partial charge in [0.15, 0.2) is 0 Å². The van der Waals surface area contributed by atoms with Crippen molar-refractivity contribution in [3.05, 3.63) is 0 Å². The van der Waals surface area contributed by atoms with Crippen LogP contribution in [0.3, 0.4) is 0 Å². The number of carbonyl (C=O) groups excluding carboxylic acids is 1. The summed E-state index contributed by atoms with van der Waals surface area (Å²) in [7, 11) is 0. The second-order valence-electron chi connectivity index (χ2n) is 4.83. The van der Waals surface area contributed by atoms with E-state index in [1.54, 1.807) is 0 Å². The Labute approximate surface area is 118 Å². The molecule has 5 nitrogen and oxygen atoms in total. The van der Waals surface area contributed by atoms with E-state index in [0.717, 1.165) is 4.90 Å². The molecule has 0 bridgehead atoms. The van der Waals surface area contributed by atoms with Crippen LogP contribution in [0.25, 0.3) is 0 Å². The number of amides is 2. The Bertz CT molecular complexity index is 376. The first-order valence-electron chi connectivity index (χ1n) is 6.11. The Hall–Kier alpha value is -1.12. The van der Waals surface area contributed by atoms with E-state index in [0.29, 0.717) is 0 Å². The number of halogens is 3. The summed E-state index contributed by atoms with van der Waals surface area (Å²) in [6.45, 7) is 3.11. The standard InChI is InChI=1S/C11H17F3N2O3S/c1-6(2)8-16(7(5-20-8)9(17)18)10(19)15-4-3-11(12,13)14/h6-8H,3-5H2,1-2H3,(H,15,19)(H,17,18). The summed E-state index contributed by atoms with van der Waals surface area (Å²) in [5, 5.41) is 10.9. The lowest BCUT2D eigenvalue weighted by Crippen LogP contribution is -2.51. The molecule has 1 fully saturated rings. The number of alkyl halides is 3. The predicted octanol–water partition coefficient (Wildman–Crippen LogP) is 2.13. The van der Waals surface area contributed by atoms with Gasteiger partial charge in [0.1, 0.15) is 6.04 Å². The summed E-state index contributed by atoms with van der Waals surface area (Å²) >= 11 is 1.32. The highest BCUT2D eigenvalue weighted by Crippen LogP contribution is 2.34. The summed E-state index contributed by atoms with van der Waals surface area (Å²) in [5.41, 5.74) is 0. The van der Waals surface area contributed by atoms with E-state index in [1.807, 2.05) is 13.8 Å². The van der Waals surface area contributed by atoms with Crippen LogP contribution in [0.4, 0.5) is 18.0 Å². The van der Waals surface area contributed by atoms with Gasteiger partial charge in [0.05, 0.1) is 11.8 Å². The minimum absolute atomic E-state index is 0.0118. The summed E-state index contributed by atoms with van der Waals surface area (Å²) < 4.78 is 36.1. The zero-order valence-corrected chi connectivity index (χ0v) is 11.9. The molecule has 0 saturated carbocycles. The van der Waals surface area contributed by atoms with Gasteiger partial charge in [-0.15, -0.1) is 11.8 Å². The van der Waals surface area contributed by atoms with Gasteiger partial charge in [-0.1, -0.05) is 13.8 Å². The second-order valence-corrected chi connectivity index (χ2v) is 5.98. The third kappa shape index (κ3) is 4.46. The molecule has 0 radical (unpaired) electrons. The Morgan fingerprint density at radius 2 is 2.05 bits per heavy atom. The van der Waals surface area contributed by atoms with Crippen LogP contribution in [0.15, 0.2) is 0 Å². The van der Waals surface area contributed by atoms with Crippen molar-refractivity contribution >= 4 is 23.8 Å². The fourth-order valence-corrected chi connectivity index (χ4v) is 3.36. The quantitative estimate of drug-likeness (QED) is 0.834. The van der Waals surface area contributed by atoms with Crippen LogP contribution in [0.5, 0.6) is 0 Å². The van der Waals surface area contributed by atoms with Crippen molar-refractivity contribution in [1.29, 1.82) is 0 Å². The maximum absolute atomic E-state index is 12.0. The molecule has 1 rings (SSSR count). The summed E-state index contributed by atoms with van der Waals surface area (Å²) in [6.07, 6.45) is -5.49. The number of nitrogens with one attached hydrogen (secondary N) is 1. The fourth-order valence-electron chi connectivity index (χ4n) is 1.89. The molecule has 2 atom stereocenters. The number of carboxylic acid groups (broad SMARTS) is 1. The van der Waals surface area contributed by atoms with Gasteiger partial charge in [0, 0.05) is 12.3 Å². The van der Waals surface area contributed by atoms with Crippen LogP contribution in [-0.2, 0) is 4.79 Å². The third-order valence-corrected chi connectivity index (χ3v) is 4.43. The molecule has 0 spiro atoms. The van der Waals surface area contributed by atoms with Gasteiger partial charge in [0.25, 0.3) is 0 Å². The van der Waals surface area contributed by atoms with Gasteiger partial charge in [0.2, 0.25) is 0 Å². The SMILES string of the molecule is CC(C)C1SCC(C(=O)O)N1C(=O)NCCC(F)(F)F. The Morgan fingerprint density at radius 3 is 2.50 bits per heavy atom. The summed E-state index contributed by atoms with van der Waals surface area (Å²) in [6, 6.07) is -1.76. The van der Waals surface area contributed by atoms with Gasteiger partial charge in [-0.05, 0) is 5.92 Å². The lowest BCUT2D eigenvalue weighted by atomic mass is 10.2. The predicted molar refractivity (Wildman–Crippen MR) is 68.4 cm³/mol. The number of thioether (sulfide) groups is 1. The van der Waals surface area contributed by atoms with E-state index in [-0.39, 0.29) is 17.0 Å². The number of carboxylic acids is 1. The highest BCUT2D eigenvalue weighted by Gasteiger charge is 2.43. The van der Waals surface area contributed by atoms with Crippen molar-refractivity contribution < 1.29 is 27.9 Å². The van der Waals surface area contributed by atoms with Gasteiger partial charge in [-0.2, -0.15) is 13.2 Å². The molecular formula is C11H17F3N2O3S. The first kappa shape index (κ1) is 16.9. The van der Waals surface area contributed by atoms with E-state index >= 15 is 0 Å². The molecule has 9 heteroatoms. The van der Waals surface area contributed by atoms with Crippen LogP contribution in [0.2, 0.25) is 0 Å². The minimum atomic E-state index is -4.35. The van der Waals surface area contributed by atoms with E-state index in [2.05, 4.69) is 5.32 Å². The lowest BCUT2D eigenvalue weighted by Gasteiger charge is -2.29. The number of hydrogen-bond acceptors (Lipinski definition) is 3. The van der Waals surface area contributed by atoms with Crippen LogP contribution < -0.4 is 5.32 Å². The average molecular weight is 314 g/mol. The minimum Gasteiger partial charge on any atom is -0.480 e. The highest BCUT2D eigenvalue weighted by atomic mass is 32.2. The molecule has 1 saturated heterocycles. The highest BCUT2D eigenvalue weighted by molar-refractivity contribution is 8.00. The van der Waals surface area contributed by atoms with Gasteiger partial charge < -0.3 is 10.4 Å². The van der Waals surface area contributed by atoms with Crippen LogP contribution >= 0.6 is 11.8 Å². The van der Waals surface area contributed by atoms with Crippen LogP contribution in [0.1, 0.15) is 20.3 Å². The molecule has 2 unspecified atom stereocenters. The van der Waals surface area contributed by atoms with Crippen molar-refractivity contribution in [1.82, 2.24) is 10.2 Å². The summed E-state index contributed by atoms with van der Waals surface area (Å²) in [4.78, 5) is 24.2. The lowest BCUT2D eigenvalue weighted by molar-refractivity contribution is -0.141. The van der Waals surface area contributed by atoms with Crippen molar-refractivity contribution in [3.63, 3.8) is 0 Å². The van der Waals surface area contributed by atoms with Gasteiger partial charge in [-0.3, -0.25) is 4.90 Å². The molecule has 2 amide bonds. The molecule has 0 aliphatic carbocycles. The van der Waals surface area contributed by atoms with Crippen molar-refractivity contribution in [3.8, 4) is 0 Å². The maximum atomic E-state index is 12.0. The number of aliphatic carboxylic acids is 1.